The maximum absolute atomic E-state index is 6.15. The summed E-state index contributed by atoms with van der Waals surface area (Å²) in [6.45, 7) is 19.5. The van der Waals surface area contributed by atoms with E-state index in [0.717, 1.165) is 75.6 Å². The van der Waals surface area contributed by atoms with Gasteiger partial charge >= 0.3 is 0 Å². The van der Waals surface area contributed by atoms with Gasteiger partial charge in [-0.3, -0.25) is 9.89 Å². The van der Waals surface area contributed by atoms with E-state index in [-0.39, 0.29) is 5.41 Å². The van der Waals surface area contributed by atoms with Gasteiger partial charge in [-0.2, -0.15) is 0 Å². The van der Waals surface area contributed by atoms with Crippen LogP contribution in [0, 0.1) is 31.1 Å². The Hall–Kier alpha value is -1.60. The third-order valence-electron chi connectivity index (χ3n) is 6.82. The van der Waals surface area contributed by atoms with E-state index >= 15 is 0 Å². The van der Waals surface area contributed by atoms with Crippen molar-refractivity contribution in [3.05, 3.63) is 17.3 Å². The van der Waals surface area contributed by atoms with Crippen LogP contribution in [0.15, 0.2) is 9.41 Å². The number of rotatable bonds is 7. The van der Waals surface area contributed by atoms with E-state index in [0.29, 0.717) is 17.9 Å². The quantitative estimate of drug-likeness (QED) is 0.488. The van der Waals surface area contributed by atoms with Crippen LogP contribution in [-0.4, -0.2) is 61.3 Å². The van der Waals surface area contributed by atoms with Crippen LogP contribution in [0.2, 0.25) is 0 Å². The molecular formula is C25H45N5O2. The molecule has 2 N–H and O–H groups in total. The first-order valence-electron chi connectivity index (χ1n) is 12.5. The van der Waals surface area contributed by atoms with Crippen LogP contribution in [0.3, 0.4) is 0 Å². The first kappa shape index (κ1) is 25.0. The molecule has 7 heteroatoms. The van der Waals surface area contributed by atoms with Crippen molar-refractivity contribution in [2.45, 2.75) is 79.9 Å². The number of likely N-dealkylation sites (tertiary alicyclic amines) is 1. The second-order valence-electron chi connectivity index (χ2n) is 10.6. The third kappa shape index (κ3) is 7.20. The molecule has 1 aromatic rings. The largest absolute Gasteiger partial charge is 0.444 e. The maximum atomic E-state index is 6.15. The minimum Gasteiger partial charge on any atom is -0.444 e. The van der Waals surface area contributed by atoms with E-state index in [4.69, 9.17) is 14.1 Å². The Kier molecular flexibility index (Phi) is 9.00. The lowest BCUT2D eigenvalue weighted by Crippen LogP contribution is -2.47. The van der Waals surface area contributed by atoms with Gasteiger partial charge in [0, 0.05) is 32.2 Å². The molecule has 7 nitrogen and oxygen atoms in total. The van der Waals surface area contributed by atoms with Gasteiger partial charge in [0.2, 0.25) is 5.89 Å². The molecule has 1 aromatic heterocycles. The summed E-state index contributed by atoms with van der Waals surface area (Å²) >= 11 is 0. The molecule has 2 unspecified atom stereocenters. The molecule has 2 atom stereocenters. The van der Waals surface area contributed by atoms with Crippen molar-refractivity contribution in [2.24, 2.45) is 22.2 Å². The van der Waals surface area contributed by atoms with Crippen LogP contribution in [0.4, 0.5) is 0 Å². The molecular weight excluding hydrogens is 402 g/mol. The van der Waals surface area contributed by atoms with Crippen molar-refractivity contribution in [1.29, 1.82) is 0 Å². The van der Waals surface area contributed by atoms with Gasteiger partial charge in [-0.25, -0.2) is 4.98 Å². The summed E-state index contributed by atoms with van der Waals surface area (Å²) in [4.78, 5) is 11.9. The van der Waals surface area contributed by atoms with Gasteiger partial charge in [0.25, 0.3) is 0 Å². The number of nitrogens with one attached hydrogen (secondary N) is 2. The second-order valence-corrected chi connectivity index (χ2v) is 10.6. The molecule has 0 spiro atoms. The molecule has 3 rings (SSSR count). The molecule has 0 aromatic carbocycles. The third-order valence-corrected chi connectivity index (χ3v) is 6.82. The summed E-state index contributed by atoms with van der Waals surface area (Å²) < 4.78 is 11.9. The number of piperidine rings is 1. The van der Waals surface area contributed by atoms with Crippen molar-refractivity contribution in [3.63, 3.8) is 0 Å². The van der Waals surface area contributed by atoms with E-state index in [1.54, 1.807) is 0 Å². The fourth-order valence-electron chi connectivity index (χ4n) is 4.92. The summed E-state index contributed by atoms with van der Waals surface area (Å²) in [5.41, 5.74) is 1.17. The van der Waals surface area contributed by atoms with Crippen LogP contribution in [0.5, 0.6) is 0 Å². The number of aryl methyl sites for hydroxylation is 2. The normalized spacial score (nSPS) is 24.0. The summed E-state index contributed by atoms with van der Waals surface area (Å²) in [6, 6.07) is 0. The van der Waals surface area contributed by atoms with Crippen molar-refractivity contribution >= 4 is 5.96 Å². The van der Waals surface area contributed by atoms with Crippen molar-refractivity contribution in [3.8, 4) is 0 Å². The molecule has 32 heavy (non-hydrogen) atoms. The maximum Gasteiger partial charge on any atom is 0.208 e. The summed E-state index contributed by atoms with van der Waals surface area (Å²) in [5, 5.41) is 7.04. The molecule has 2 fully saturated rings. The Morgan fingerprint density at radius 2 is 1.91 bits per heavy atom. The van der Waals surface area contributed by atoms with Gasteiger partial charge in [0.1, 0.15) is 5.76 Å². The molecule has 0 bridgehead atoms. The average molecular weight is 448 g/mol. The minimum atomic E-state index is 0.165. The van der Waals surface area contributed by atoms with Crippen LogP contribution in [0.25, 0.3) is 0 Å². The Morgan fingerprint density at radius 1 is 1.16 bits per heavy atom. The highest BCUT2D eigenvalue weighted by Crippen LogP contribution is 2.33. The van der Waals surface area contributed by atoms with Gasteiger partial charge in [-0.05, 0) is 70.9 Å². The van der Waals surface area contributed by atoms with Gasteiger partial charge in [-0.1, -0.05) is 20.8 Å². The van der Waals surface area contributed by atoms with Gasteiger partial charge in [-0.15, -0.1) is 0 Å². The number of aliphatic imine (C=N–C) groups is 1. The van der Waals surface area contributed by atoms with Crippen LogP contribution < -0.4 is 10.6 Å². The SMILES string of the molecule is CCNC(=NCC1CCN(Cc2nc(C)c(C)o2)CC1)NCC1CCCOC1C(C)(C)C. The summed E-state index contributed by atoms with van der Waals surface area (Å²) in [7, 11) is 0. The fraction of sp³-hybridized carbons (Fsp3) is 0.840. The van der Waals surface area contributed by atoms with Crippen LogP contribution in [0.1, 0.15) is 70.7 Å². The van der Waals surface area contributed by atoms with E-state index in [9.17, 15) is 0 Å². The number of nitrogens with zero attached hydrogens (tertiary/aromatic N) is 3. The lowest BCUT2D eigenvalue weighted by molar-refractivity contribution is -0.0835. The van der Waals surface area contributed by atoms with Gasteiger partial charge in [0.05, 0.1) is 18.3 Å². The molecule has 0 radical (unpaired) electrons. The smallest absolute Gasteiger partial charge is 0.208 e. The number of ether oxygens (including phenoxy) is 1. The van der Waals surface area contributed by atoms with Crippen molar-refractivity contribution in [2.75, 3.05) is 39.3 Å². The number of guanidine groups is 1. The average Bonchev–Trinajstić information content (AvgIpc) is 3.07. The van der Waals surface area contributed by atoms with E-state index < -0.39 is 0 Å². The van der Waals surface area contributed by atoms with Crippen LogP contribution in [-0.2, 0) is 11.3 Å². The number of oxazole rings is 1. The minimum absolute atomic E-state index is 0.165. The fourth-order valence-corrected chi connectivity index (χ4v) is 4.92. The van der Waals surface area contributed by atoms with E-state index in [1.165, 1.54) is 19.3 Å². The molecule has 2 saturated heterocycles. The van der Waals surface area contributed by atoms with Crippen molar-refractivity contribution in [1.82, 2.24) is 20.5 Å². The van der Waals surface area contributed by atoms with Crippen molar-refractivity contribution < 1.29 is 9.15 Å². The molecule has 182 valence electrons. The second kappa shape index (κ2) is 11.5. The zero-order valence-electron chi connectivity index (χ0n) is 21.2. The standard InChI is InChI=1S/C25H45N5O2/c1-7-26-24(28-16-21-9-8-14-31-23(21)25(4,5)6)27-15-20-10-12-30(13-11-20)17-22-29-18(2)19(3)32-22/h20-21,23H,7-17H2,1-6H3,(H2,26,27,28). The first-order chi connectivity index (χ1) is 15.3. The zero-order chi connectivity index (χ0) is 23.1. The molecule has 2 aliphatic heterocycles. The van der Waals surface area contributed by atoms with Crippen LogP contribution >= 0.6 is 0 Å². The lowest BCUT2D eigenvalue weighted by atomic mass is 9.78. The van der Waals surface area contributed by atoms with E-state index in [1.807, 2.05) is 13.8 Å². The predicted octanol–water partition coefficient (Wildman–Crippen LogP) is 3.90. The van der Waals surface area contributed by atoms with Gasteiger partial charge in [0.15, 0.2) is 5.96 Å². The number of aromatic nitrogens is 1. The lowest BCUT2D eigenvalue weighted by Gasteiger charge is -2.40. The number of hydrogen-bond donors (Lipinski definition) is 2. The first-order valence-corrected chi connectivity index (χ1v) is 12.5. The highest BCUT2D eigenvalue weighted by Gasteiger charge is 2.35. The molecule has 2 aliphatic rings. The van der Waals surface area contributed by atoms with E-state index in [2.05, 4.69) is 48.2 Å². The Bertz CT molecular complexity index is 712. The molecule has 0 saturated carbocycles. The Labute approximate surface area is 194 Å². The Morgan fingerprint density at radius 3 is 2.53 bits per heavy atom. The monoisotopic (exact) mass is 447 g/mol. The zero-order valence-corrected chi connectivity index (χ0v) is 21.2. The van der Waals surface area contributed by atoms with Gasteiger partial charge < -0.3 is 19.8 Å². The highest BCUT2D eigenvalue weighted by atomic mass is 16.5. The number of hydrogen-bond acceptors (Lipinski definition) is 5. The highest BCUT2D eigenvalue weighted by molar-refractivity contribution is 5.79. The topological polar surface area (TPSA) is 74.9 Å². The molecule has 3 heterocycles. The predicted molar refractivity (Wildman–Crippen MR) is 130 cm³/mol. The Balaban J connectivity index is 1.45. The molecule has 0 amide bonds. The summed E-state index contributed by atoms with van der Waals surface area (Å²) in [6.07, 6.45) is 5.01. The molecule has 0 aliphatic carbocycles. The summed E-state index contributed by atoms with van der Waals surface area (Å²) in [5.74, 6) is 3.88.